The van der Waals surface area contributed by atoms with Crippen LogP contribution in [-0.4, -0.2) is 67.0 Å². The van der Waals surface area contributed by atoms with Crippen molar-refractivity contribution < 1.29 is 82.4 Å². The molecule has 13 heteroatoms. The monoisotopic (exact) mass is 668 g/mol. The fraction of sp³-hybridized carbons (Fsp3) is 0.688. The molecule has 0 spiro atoms. The third-order valence-corrected chi connectivity index (χ3v) is 8.19. The van der Waals surface area contributed by atoms with Crippen molar-refractivity contribution in [3.8, 4) is 0 Å². The average Bonchev–Trinajstić information content (AvgIpc) is 2.99. The van der Waals surface area contributed by atoms with E-state index < -0.39 is 45.7 Å². The number of ether oxygens (including phenoxy) is 3. The van der Waals surface area contributed by atoms with Crippen LogP contribution in [0.25, 0.3) is 0 Å². The molecule has 0 amide bonds. The van der Waals surface area contributed by atoms with E-state index in [2.05, 4.69) is 13.8 Å². The van der Waals surface area contributed by atoms with Crippen molar-refractivity contribution in [1.29, 1.82) is 0 Å². The summed E-state index contributed by atoms with van der Waals surface area (Å²) in [5.74, 6) is -3.31. The van der Waals surface area contributed by atoms with E-state index in [9.17, 15) is 32.1 Å². The zero-order valence-corrected chi connectivity index (χ0v) is 30.7. The molecule has 0 bridgehead atoms. The van der Waals surface area contributed by atoms with Crippen molar-refractivity contribution in [1.82, 2.24) is 0 Å². The summed E-state index contributed by atoms with van der Waals surface area (Å²) in [5, 5.41) is 6.93. The third kappa shape index (κ3) is 20.0. The molecule has 0 saturated heterocycles. The van der Waals surface area contributed by atoms with Gasteiger partial charge in [0.1, 0.15) is 0 Å². The summed E-state index contributed by atoms with van der Waals surface area (Å²) in [4.78, 5) is 46.6. The number of benzene rings is 1. The smallest absolute Gasteiger partial charge is 1.00 e. The molecule has 0 fully saturated rings. The molecule has 1 aromatic rings. The second-order valence-corrected chi connectivity index (χ2v) is 12.3. The first-order chi connectivity index (χ1) is 20.9. The number of unbranched alkanes of at least 4 members (excludes halogenated alkanes) is 3. The molecule has 3 atom stereocenters. The van der Waals surface area contributed by atoms with Crippen LogP contribution < -0.4 is 29.6 Å². The Kier molecular flexibility index (Phi) is 26.2. The summed E-state index contributed by atoms with van der Waals surface area (Å²) in [5.41, 5.74) is 0.0788. The van der Waals surface area contributed by atoms with E-state index in [1.54, 1.807) is 12.1 Å². The average molecular weight is 669 g/mol. The zero-order chi connectivity index (χ0) is 33.5. The molecule has 0 aliphatic heterocycles. The molecule has 3 unspecified atom stereocenters. The SMILES string of the molecule is CCCCC(CC)COC(=O)CC(C(=O)OCC(CC)CCCC)S(=O)(=O)O.CCCCOC(=O)c1ccccc1C(=O)O.[H-].[Na+]. The van der Waals surface area contributed by atoms with Crippen LogP contribution in [0, 0.1) is 11.8 Å². The molecule has 45 heavy (non-hydrogen) atoms. The number of carboxylic acids is 1. The standard InChI is InChI=1S/C20H38O7S.C12H14O4.Na.H/c1-5-9-11-16(7-3)14-26-19(21)13-18(28(23,24)25)20(22)27-15-17(8-4)12-10-6-2;1-2-3-8-16-12(15)10-7-5-4-6-9(10)11(13)14;;/h16-18H,5-15H2,1-4H3,(H,23,24,25);4-7H,2-3,8H2,1H3,(H,13,14);;/q;;+1;-1. The minimum Gasteiger partial charge on any atom is -1.00 e. The molecule has 0 radical (unpaired) electrons. The van der Waals surface area contributed by atoms with Crippen molar-refractivity contribution >= 4 is 34.0 Å². The summed E-state index contributed by atoms with van der Waals surface area (Å²) in [7, 11) is -4.76. The van der Waals surface area contributed by atoms with Crippen LogP contribution in [0.4, 0.5) is 0 Å². The van der Waals surface area contributed by atoms with Gasteiger partial charge in [0.05, 0.1) is 37.4 Å². The number of esters is 3. The molecule has 0 aliphatic carbocycles. The minimum absolute atomic E-state index is 0. The fourth-order valence-electron chi connectivity index (χ4n) is 4.06. The Balaban J connectivity index is -0.000000874. The van der Waals surface area contributed by atoms with E-state index in [-0.39, 0.29) is 67.2 Å². The van der Waals surface area contributed by atoms with Crippen molar-refractivity contribution in [2.75, 3.05) is 19.8 Å². The van der Waals surface area contributed by atoms with Crippen molar-refractivity contribution in [2.45, 2.75) is 110 Å². The van der Waals surface area contributed by atoms with Gasteiger partial charge in [-0.1, -0.05) is 91.7 Å². The van der Waals surface area contributed by atoms with Gasteiger partial charge in [-0.25, -0.2) is 9.59 Å². The van der Waals surface area contributed by atoms with Gasteiger partial charge in [-0.2, -0.15) is 8.42 Å². The summed E-state index contributed by atoms with van der Waals surface area (Å²) in [6.45, 7) is 10.7. The van der Waals surface area contributed by atoms with Crippen LogP contribution >= 0.6 is 0 Å². The first-order valence-corrected chi connectivity index (χ1v) is 17.1. The molecule has 0 aromatic heterocycles. The third-order valence-electron chi connectivity index (χ3n) is 7.11. The van der Waals surface area contributed by atoms with Crippen LogP contribution in [0.5, 0.6) is 0 Å². The maximum atomic E-state index is 12.2. The van der Waals surface area contributed by atoms with Gasteiger partial charge in [0, 0.05) is 0 Å². The topological polar surface area (TPSA) is 171 Å². The Morgan fingerprint density at radius 2 is 1.27 bits per heavy atom. The van der Waals surface area contributed by atoms with Crippen molar-refractivity contribution in [2.24, 2.45) is 11.8 Å². The Labute approximate surface area is 292 Å². The van der Waals surface area contributed by atoms with E-state index in [0.29, 0.717) is 6.61 Å². The number of carbonyl (C=O) groups is 4. The first kappa shape index (κ1) is 45.1. The van der Waals surface area contributed by atoms with Gasteiger partial charge in [0.15, 0.2) is 5.25 Å². The number of hydrogen-bond acceptors (Lipinski definition) is 9. The predicted molar refractivity (Wildman–Crippen MR) is 168 cm³/mol. The molecule has 2 N–H and O–H groups in total. The largest absolute Gasteiger partial charge is 1.00 e. The van der Waals surface area contributed by atoms with E-state index in [1.807, 2.05) is 20.8 Å². The van der Waals surface area contributed by atoms with E-state index >= 15 is 0 Å². The maximum absolute atomic E-state index is 12.2. The van der Waals surface area contributed by atoms with Gasteiger partial charge in [0.25, 0.3) is 10.1 Å². The van der Waals surface area contributed by atoms with Gasteiger partial charge in [-0.05, 0) is 43.2 Å². The Morgan fingerprint density at radius 1 is 0.778 bits per heavy atom. The molecule has 0 aliphatic rings. The first-order valence-electron chi connectivity index (χ1n) is 15.6. The van der Waals surface area contributed by atoms with Crippen LogP contribution in [0.15, 0.2) is 24.3 Å². The van der Waals surface area contributed by atoms with E-state index in [4.69, 9.17) is 19.3 Å². The van der Waals surface area contributed by atoms with Gasteiger partial charge in [-0.15, -0.1) is 0 Å². The van der Waals surface area contributed by atoms with Crippen LogP contribution in [0.2, 0.25) is 0 Å². The van der Waals surface area contributed by atoms with Crippen LogP contribution in [0.1, 0.15) is 127 Å². The van der Waals surface area contributed by atoms with Crippen molar-refractivity contribution in [3.63, 3.8) is 0 Å². The maximum Gasteiger partial charge on any atom is 1.00 e. The van der Waals surface area contributed by atoms with Gasteiger partial charge in [0.2, 0.25) is 0 Å². The van der Waals surface area contributed by atoms with Gasteiger partial charge >= 0.3 is 53.4 Å². The molecule has 11 nitrogen and oxygen atoms in total. The molecule has 0 heterocycles. The number of aromatic carboxylic acids is 1. The summed E-state index contributed by atoms with van der Waals surface area (Å²) in [6, 6.07) is 6.03. The number of carboxylic acid groups (broad SMARTS) is 1. The minimum atomic E-state index is -4.76. The fourth-order valence-corrected chi connectivity index (χ4v) is 4.71. The second kappa shape index (κ2) is 26.1. The summed E-state index contributed by atoms with van der Waals surface area (Å²) < 4.78 is 47.7. The molecular formula is C32H53NaO11S. The van der Waals surface area contributed by atoms with Gasteiger partial charge in [-0.3, -0.25) is 14.1 Å². The van der Waals surface area contributed by atoms with E-state index in [0.717, 1.165) is 64.2 Å². The molecule has 254 valence electrons. The molecular weight excluding hydrogens is 615 g/mol. The quantitative estimate of drug-likeness (QED) is 0.0645. The Morgan fingerprint density at radius 3 is 1.71 bits per heavy atom. The number of hydrogen-bond donors (Lipinski definition) is 2. The second-order valence-electron chi connectivity index (χ2n) is 10.7. The molecule has 1 rings (SSSR count). The normalized spacial score (nSPS) is 12.8. The predicted octanol–water partition coefficient (Wildman–Crippen LogP) is 3.61. The Hall–Kier alpha value is -1.99. The van der Waals surface area contributed by atoms with Crippen LogP contribution in [-0.2, 0) is 33.9 Å². The van der Waals surface area contributed by atoms with Crippen LogP contribution in [0.3, 0.4) is 0 Å². The zero-order valence-electron chi connectivity index (χ0n) is 28.9. The summed E-state index contributed by atoms with van der Waals surface area (Å²) >= 11 is 0. The van der Waals surface area contributed by atoms with Gasteiger partial charge < -0.3 is 20.7 Å². The number of rotatable bonds is 21. The molecule has 1 aromatic carbocycles. The molecule has 0 saturated carbocycles. The van der Waals surface area contributed by atoms with E-state index in [1.165, 1.54) is 12.1 Å². The number of carbonyl (C=O) groups excluding carboxylic acids is 3. The Bertz CT molecular complexity index is 1120. The van der Waals surface area contributed by atoms with Crippen molar-refractivity contribution in [3.05, 3.63) is 35.4 Å². The summed E-state index contributed by atoms with van der Waals surface area (Å²) in [6.07, 6.45) is 8.44.